The molecule has 3 aromatic carbocycles. The molecule has 0 bridgehead atoms. The molecule has 0 spiro atoms. The summed E-state index contributed by atoms with van der Waals surface area (Å²) in [6.07, 6.45) is 1.79. The van der Waals surface area contributed by atoms with Crippen molar-refractivity contribution in [2.75, 3.05) is 0 Å². The number of benzene rings is 3. The highest BCUT2D eigenvalue weighted by molar-refractivity contribution is 7.80. The van der Waals surface area contributed by atoms with Crippen molar-refractivity contribution in [3.63, 3.8) is 0 Å². The van der Waals surface area contributed by atoms with E-state index in [2.05, 4.69) is 44.0 Å². The molecule has 3 nitrogen and oxygen atoms in total. The fourth-order valence-corrected chi connectivity index (χ4v) is 6.23. The van der Waals surface area contributed by atoms with Crippen LogP contribution < -0.4 is 5.32 Å². The van der Waals surface area contributed by atoms with Crippen LogP contribution in [-0.2, 0) is 10.0 Å². The number of hydrogen-bond donors (Lipinski definition) is 1. The van der Waals surface area contributed by atoms with Crippen LogP contribution in [0.5, 0.6) is 0 Å². The molecule has 0 radical (unpaired) electrons. The first-order valence-electron chi connectivity index (χ1n) is 12.1. The summed E-state index contributed by atoms with van der Waals surface area (Å²) >= 11 is 18.6. The monoisotopic (exact) mass is 564 g/mol. The van der Waals surface area contributed by atoms with Gasteiger partial charge in [-0.3, -0.25) is 4.98 Å². The third-order valence-electron chi connectivity index (χ3n) is 5.99. The Balaban J connectivity index is 2.00. The number of aryl methyl sites for hydroxylation is 1. The lowest BCUT2D eigenvalue weighted by atomic mass is 9.78. The van der Waals surface area contributed by atoms with Crippen LogP contribution >= 0.6 is 35.4 Å². The number of halogens is 2. The SMILES string of the molecule is Cc1ccc(C(=S)NC(c2ccccn2)C(O[Si](C)(C)C)(c2ccc(Cl)cc2)c2ccc(Cl)cc2)cc1. The molecule has 37 heavy (non-hydrogen) atoms. The van der Waals surface area contributed by atoms with Crippen LogP contribution in [0, 0.1) is 6.92 Å². The Bertz CT molecular complexity index is 1290. The predicted molar refractivity (Wildman–Crippen MR) is 161 cm³/mol. The summed E-state index contributed by atoms with van der Waals surface area (Å²) in [5.41, 5.74) is 3.80. The molecule has 0 amide bonds. The Morgan fingerprint density at radius 1 is 0.838 bits per heavy atom. The summed E-state index contributed by atoms with van der Waals surface area (Å²) < 4.78 is 7.24. The first-order chi connectivity index (χ1) is 17.6. The van der Waals surface area contributed by atoms with Gasteiger partial charge in [-0.2, -0.15) is 0 Å². The van der Waals surface area contributed by atoms with Crippen molar-refractivity contribution in [2.45, 2.75) is 38.2 Å². The molecule has 0 saturated heterocycles. The number of nitrogens with zero attached hydrogens (tertiary/aromatic N) is 1. The van der Waals surface area contributed by atoms with Crippen molar-refractivity contribution >= 4 is 48.7 Å². The number of nitrogens with one attached hydrogen (secondary N) is 1. The van der Waals surface area contributed by atoms with Crippen LogP contribution in [0.1, 0.15) is 34.0 Å². The lowest BCUT2D eigenvalue weighted by molar-refractivity contribution is 0.0623. The maximum atomic E-state index is 7.24. The maximum Gasteiger partial charge on any atom is 0.185 e. The van der Waals surface area contributed by atoms with Crippen LogP contribution in [0.25, 0.3) is 0 Å². The van der Waals surface area contributed by atoms with Gasteiger partial charge in [0.2, 0.25) is 0 Å². The van der Waals surface area contributed by atoms with E-state index in [0.29, 0.717) is 15.0 Å². The van der Waals surface area contributed by atoms with E-state index < -0.39 is 20.0 Å². The largest absolute Gasteiger partial charge is 0.402 e. The minimum atomic E-state index is -2.20. The minimum Gasteiger partial charge on any atom is -0.402 e. The van der Waals surface area contributed by atoms with Gasteiger partial charge in [0, 0.05) is 21.8 Å². The molecule has 0 aliphatic heterocycles. The average molecular weight is 566 g/mol. The van der Waals surface area contributed by atoms with Crippen LogP contribution in [0.15, 0.2) is 97.2 Å². The first kappa shape index (κ1) is 27.5. The standard InChI is InChI=1S/C30H30Cl2N2OSSi/c1-21-8-10-22(11-9-21)29(36)34-28(27-7-5-6-20-33-27)30(35-37(2,3)4,23-12-16-25(31)17-13-23)24-14-18-26(32)19-15-24/h5-20,28H,1-4H3,(H,34,36). The molecular weight excluding hydrogens is 535 g/mol. The van der Waals surface area contributed by atoms with E-state index in [-0.39, 0.29) is 0 Å². The highest BCUT2D eigenvalue weighted by atomic mass is 35.5. The van der Waals surface area contributed by atoms with Crippen molar-refractivity contribution in [1.82, 2.24) is 10.3 Å². The Labute approximate surface area is 236 Å². The van der Waals surface area contributed by atoms with Crippen LogP contribution in [0.4, 0.5) is 0 Å². The van der Waals surface area contributed by atoms with Crippen LogP contribution in [0.3, 0.4) is 0 Å². The Morgan fingerprint density at radius 3 is 1.84 bits per heavy atom. The van der Waals surface area contributed by atoms with E-state index in [1.807, 2.05) is 78.9 Å². The molecule has 0 fully saturated rings. The number of aromatic nitrogens is 1. The second-order valence-corrected chi connectivity index (χ2v) is 15.7. The summed E-state index contributed by atoms with van der Waals surface area (Å²) in [6.45, 7) is 8.61. The van der Waals surface area contributed by atoms with Crippen LogP contribution in [-0.4, -0.2) is 18.3 Å². The smallest absolute Gasteiger partial charge is 0.185 e. The number of hydrogen-bond acceptors (Lipinski definition) is 3. The minimum absolute atomic E-state index is 0.462. The number of rotatable bonds is 8. The molecule has 1 aromatic heterocycles. The lowest BCUT2D eigenvalue weighted by Gasteiger charge is -2.46. The van der Waals surface area contributed by atoms with E-state index >= 15 is 0 Å². The molecule has 1 N–H and O–H groups in total. The third-order valence-corrected chi connectivity index (χ3v) is 7.78. The highest BCUT2D eigenvalue weighted by Crippen LogP contribution is 2.46. The predicted octanol–water partition coefficient (Wildman–Crippen LogP) is 8.50. The molecule has 190 valence electrons. The second-order valence-electron chi connectivity index (χ2n) is 9.99. The molecule has 1 atom stereocenters. The fraction of sp³-hybridized carbons (Fsp3) is 0.200. The normalized spacial score (nSPS) is 12.7. The fourth-order valence-electron chi connectivity index (χ4n) is 4.40. The Hall–Kier alpha value is -2.54. The quantitative estimate of drug-likeness (QED) is 0.172. The number of pyridine rings is 1. The number of thiocarbonyl (C=S) groups is 1. The van der Waals surface area contributed by atoms with Gasteiger partial charge in [-0.05, 0) is 74.1 Å². The van der Waals surface area contributed by atoms with Crippen molar-refractivity contribution in [2.24, 2.45) is 0 Å². The van der Waals surface area contributed by atoms with E-state index in [1.165, 1.54) is 5.56 Å². The van der Waals surface area contributed by atoms with E-state index in [4.69, 9.17) is 44.8 Å². The molecule has 0 aliphatic carbocycles. The zero-order chi connectivity index (χ0) is 26.6. The molecule has 0 saturated carbocycles. The maximum absolute atomic E-state index is 7.24. The summed E-state index contributed by atoms with van der Waals surface area (Å²) in [5, 5.41) is 4.96. The van der Waals surface area contributed by atoms with E-state index in [9.17, 15) is 0 Å². The van der Waals surface area contributed by atoms with Gasteiger partial charge in [0.1, 0.15) is 16.6 Å². The molecular formula is C30H30Cl2N2OSSi. The van der Waals surface area contributed by atoms with Gasteiger partial charge in [0.25, 0.3) is 0 Å². The average Bonchev–Trinajstić information content (AvgIpc) is 2.87. The van der Waals surface area contributed by atoms with Crippen molar-refractivity contribution < 1.29 is 4.43 Å². The van der Waals surface area contributed by atoms with Gasteiger partial charge < -0.3 is 9.74 Å². The van der Waals surface area contributed by atoms with Gasteiger partial charge in [-0.1, -0.05) is 95.6 Å². The third kappa shape index (κ3) is 6.48. The summed E-state index contributed by atoms with van der Waals surface area (Å²) in [7, 11) is -2.20. The first-order valence-corrected chi connectivity index (χ1v) is 16.7. The molecule has 0 aliphatic rings. The summed E-state index contributed by atoms with van der Waals surface area (Å²) in [4.78, 5) is 5.40. The molecule has 1 unspecified atom stereocenters. The van der Waals surface area contributed by atoms with Gasteiger partial charge in [0.05, 0.1) is 5.69 Å². The molecule has 7 heteroatoms. The van der Waals surface area contributed by atoms with Crippen molar-refractivity contribution in [3.8, 4) is 0 Å². The highest BCUT2D eigenvalue weighted by Gasteiger charge is 2.48. The lowest BCUT2D eigenvalue weighted by Crippen LogP contribution is -2.51. The van der Waals surface area contributed by atoms with Gasteiger partial charge in [-0.15, -0.1) is 0 Å². The van der Waals surface area contributed by atoms with Crippen molar-refractivity contribution in [3.05, 3.63) is 135 Å². The Morgan fingerprint density at radius 2 is 1.38 bits per heavy atom. The van der Waals surface area contributed by atoms with E-state index in [1.54, 1.807) is 6.20 Å². The molecule has 4 aromatic rings. The Kier molecular flexibility index (Phi) is 8.51. The van der Waals surface area contributed by atoms with Gasteiger partial charge >= 0.3 is 0 Å². The van der Waals surface area contributed by atoms with Crippen molar-refractivity contribution in [1.29, 1.82) is 0 Å². The zero-order valence-electron chi connectivity index (χ0n) is 21.3. The van der Waals surface area contributed by atoms with Gasteiger partial charge in [0.15, 0.2) is 8.32 Å². The van der Waals surface area contributed by atoms with E-state index in [0.717, 1.165) is 22.4 Å². The topological polar surface area (TPSA) is 34.2 Å². The summed E-state index contributed by atoms with van der Waals surface area (Å²) in [6, 6.07) is 29.3. The molecule has 4 rings (SSSR count). The van der Waals surface area contributed by atoms with Gasteiger partial charge in [-0.25, -0.2) is 0 Å². The molecule has 1 heterocycles. The zero-order valence-corrected chi connectivity index (χ0v) is 24.7. The van der Waals surface area contributed by atoms with Crippen LogP contribution in [0.2, 0.25) is 29.7 Å². The summed E-state index contributed by atoms with van der Waals surface area (Å²) in [5.74, 6) is 0. The second kappa shape index (κ2) is 11.5.